The van der Waals surface area contributed by atoms with Gasteiger partial charge in [0.2, 0.25) is 11.8 Å². The molecule has 1 unspecified atom stereocenters. The van der Waals surface area contributed by atoms with Gasteiger partial charge < -0.3 is 15.0 Å². The van der Waals surface area contributed by atoms with E-state index in [2.05, 4.69) is 21.2 Å². The zero-order valence-corrected chi connectivity index (χ0v) is 13.6. The number of carbonyl (C=O) groups is 2. The minimum Gasteiger partial charge on any atom is -0.383 e. The largest absolute Gasteiger partial charge is 0.383 e. The number of benzene rings is 1. The van der Waals surface area contributed by atoms with E-state index < -0.39 is 0 Å². The van der Waals surface area contributed by atoms with E-state index in [0.717, 1.165) is 10.0 Å². The molecule has 1 aromatic rings. The van der Waals surface area contributed by atoms with Crippen LogP contribution in [0.4, 0.5) is 0 Å². The van der Waals surface area contributed by atoms with Crippen LogP contribution in [-0.4, -0.2) is 43.5 Å². The summed E-state index contributed by atoms with van der Waals surface area (Å²) < 4.78 is 5.88. The van der Waals surface area contributed by atoms with Crippen LogP contribution < -0.4 is 5.32 Å². The Labute approximate surface area is 132 Å². The third kappa shape index (κ3) is 4.54. The molecule has 6 heteroatoms. The Morgan fingerprint density at radius 1 is 1.52 bits per heavy atom. The van der Waals surface area contributed by atoms with Crippen LogP contribution in [0.3, 0.4) is 0 Å². The van der Waals surface area contributed by atoms with Crippen LogP contribution in [0.15, 0.2) is 28.7 Å². The number of amides is 2. The number of nitrogens with zero attached hydrogens (tertiary/aromatic N) is 1. The summed E-state index contributed by atoms with van der Waals surface area (Å²) in [5.74, 6) is -0.305. The summed E-state index contributed by atoms with van der Waals surface area (Å²) in [6.45, 7) is 1.98. The minimum atomic E-state index is -0.262. The Hall–Kier alpha value is -1.40. The number of methoxy groups -OCH3 is 1. The molecule has 1 aromatic carbocycles. The first-order chi connectivity index (χ1) is 10.1. The van der Waals surface area contributed by atoms with E-state index in [1.807, 2.05) is 24.3 Å². The van der Waals surface area contributed by atoms with Crippen molar-refractivity contribution >= 4 is 27.7 Å². The van der Waals surface area contributed by atoms with Gasteiger partial charge in [0.25, 0.3) is 0 Å². The van der Waals surface area contributed by atoms with Crippen LogP contribution in [0, 0.1) is 5.92 Å². The van der Waals surface area contributed by atoms with Gasteiger partial charge in [0.1, 0.15) is 0 Å². The number of ether oxygens (including phenoxy) is 1. The van der Waals surface area contributed by atoms with E-state index in [-0.39, 0.29) is 24.2 Å². The van der Waals surface area contributed by atoms with Crippen LogP contribution in [0.1, 0.15) is 12.0 Å². The van der Waals surface area contributed by atoms with Crippen molar-refractivity contribution in [1.82, 2.24) is 10.2 Å². The second-order valence-electron chi connectivity index (χ2n) is 5.09. The predicted molar refractivity (Wildman–Crippen MR) is 82.6 cm³/mol. The van der Waals surface area contributed by atoms with Crippen LogP contribution >= 0.6 is 15.9 Å². The van der Waals surface area contributed by atoms with Gasteiger partial charge in [-0.05, 0) is 17.7 Å². The number of nitrogens with one attached hydrogen (secondary N) is 1. The molecule has 1 aliphatic heterocycles. The third-order valence-corrected chi connectivity index (χ3v) is 3.95. The molecule has 1 atom stereocenters. The van der Waals surface area contributed by atoms with Crippen molar-refractivity contribution in [3.63, 3.8) is 0 Å². The maximum Gasteiger partial charge on any atom is 0.225 e. The molecule has 1 heterocycles. The molecule has 114 valence electrons. The maximum atomic E-state index is 12.0. The molecule has 1 aliphatic rings. The highest BCUT2D eigenvalue weighted by atomic mass is 79.9. The summed E-state index contributed by atoms with van der Waals surface area (Å²) in [6, 6.07) is 7.85. The minimum absolute atomic E-state index is 0.0295. The summed E-state index contributed by atoms with van der Waals surface area (Å²) in [6.07, 6.45) is 0.285. The first-order valence-electron chi connectivity index (χ1n) is 6.89. The molecule has 0 spiro atoms. The Bertz CT molecular complexity index is 521. The summed E-state index contributed by atoms with van der Waals surface area (Å²) in [5.41, 5.74) is 1.05. The van der Waals surface area contributed by atoms with Crippen molar-refractivity contribution in [2.75, 3.05) is 26.8 Å². The average molecular weight is 355 g/mol. The standard InChI is InChI=1S/C15H19BrN2O3/c1-21-6-5-17-15(20)12-8-14(19)18(10-12)9-11-3-2-4-13(16)7-11/h2-4,7,12H,5-6,8-10H2,1H3,(H,17,20). The quantitative estimate of drug-likeness (QED) is 0.788. The van der Waals surface area contributed by atoms with Crippen LogP contribution in [0.2, 0.25) is 0 Å². The second-order valence-corrected chi connectivity index (χ2v) is 6.00. The fourth-order valence-corrected chi connectivity index (χ4v) is 2.82. The predicted octanol–water partition coefficient (Wildman–Crippen LogP) is 1.56. The summed E-state index contributed by atoms with van der Waals surface area (Å²) in [7, 11) is 1.59. The highest BCUT2D eigenvalue weighted by Gasteiger charge is 2.33. The van der Waals surface area contributed by atoms with Crippen LogP contribution in [0.5, 0.6) is 0 Å². The van der Waals surface area contributed by atoms with Crippen molar-refractivity contribution in [2.45, 2.75) is 13.0 Å². The molecule has 0 aliphatic carbocycles. The van der Waals surface area contributed by atoms with Crippen molar-refractivity contribution in [1.29, 1.82) is 0 Å². The lowest BCUT2D eigenvalue weighted by Crippen LogP contribution is -2.34. The van der Waals surface area contributed by atoms with Crippen LogP contribution in [0.25, 0.3) is 0 Å². The van der Waals surface area contributed by atoms with E-state index in [1.165, 1.54) is 0 Å². The van der Waals surface area contributed by atoms with E-state index in [0.29, 0.717) is 26.2 Å². The van der Waals surface area contributed by atoms with Gasteiger partial charge in [0.15, 0.2) is 0 Å². The topological polar surface area (TPSA) is 58.6 Å². The van der Waals surface area contributed by atoms with E-state index in [1.54, 1.807) is 12.0 Å². The lowest BCUT2D eigenvalue weighted by atomic mass is 10.1. The van der Waals surface area contributed by atoms with Crippen molar-refractivity contribution in [3.8, 4) is 0 Å². The number of hydrogen-bond acceptors (Lipinski definition) is 3. The second kappa shape index (κ2) is 7.56. The monoisotopic (exact) mass is 354 g/mol. The Kier molecular flexibility index (Phi) is 5.76. The highest BCUT2D eigenvalue weighted by Crippen LogP contribution is 2.21. The van der Waals surface area contributed by atoms with Gasteiger partial charge in [-0.1, -0.05) is 28.1 Å². The molecule has 21 heavy (non-hydrogen) atoms. The number of carbonyl (C=O) groups excluding carboxylic acids is 2. The fraction of sp³-hybridized carbons (Fsp3) is 0.467. The van der Waals surface area contributed by atoms with Crippen molar-refractivity contribution in [3.05, 3.63) is 34.3 Å². The van der Waals surface area contributed by atoms with Gasteiger partial charge in [-0.25, -0.2) is 0 Å². The Morgan fingerprint density at radius 3 is 3.05 bits per heavy atom. The van der Waals surface area contributed by atoms with Gasteiger partial charge in [0.05, 0.1) is 12.5 Å². The molecule has 1 N–H and O–H groups in total. The molecular formula is C15H19BrN2O3. The first kappa shape index (κ1) is 16.0. The molecule has 1 fully saturated rings. The molecule has 0 aromatic heterocycles. The van der Waals surface area contributed by atoms with E-state index in [9.17, 15) is 9.59 Å². The summed E-state index contributed by atoms with van der Waals surface area (Å²) in [4.78, 5) is 25.7. The summed E-state index contributed by atoms with van der Waals surface area (Å²) in [5, 5.41) is 2.79. The zero-order chi connectivity index (χ0) is 15.2. The van der Waals surface area contributed by atoms with Gasteiger partial charge in [-0.15, -0.1) is 0 Å². The molecule has 5 nitrogen and oxygen atoms in total. The van der Waals surface area contributed by atoms with Gasteiger partial charge in [0, 0.05) is 37.6 Å². The first-order valence-corrected chi connectivity index (χ1v) is 7.68. The molecular weight excluding hydrogens is 336 g/mol. The Morgan fingerprint density at radius 2 is 2.33 bits per heavy atom. The van der Waals surface area contributed by atoms with Crippen molar-refractivity contribution < 1.29 is 14.3 Å². The maximum absolute atomic E-state index is 12.0. The van der Waals surface area contributed by atoms with Gasteiger partial charge >= 0.3 is 0 Å². The molecule has 0 saturated carbocycles. The van der Waals surface area contributed by atoms with Crippen LogP contribution in [-0.2, 0) is 20.9 Å². The number of halogens is 1. The number of hydrogen-bond donors (Lipinski definition) is 1. The number of likely N-dealkylation sites (tertiary alicyclic amines) is 1. The molecule has 0 radical (unpaired) electrons. The van der Waals surface area contributed by atoms with E-state index >= 15 is 0 Å². The number of rotatable bonds is 6. The van der Waals surface area contributed by atoms with Gasteiger partial charge in [-0.2, -0.15) is 0 Å². The highest BCUT2D eigenvalue weighted by molar-refractivity contribution is 9.10. The average Bonchev–Trinajstić information content (AvgIpc) is 2.80. The zero-order valence-electron chi connectivity index (χ0n) is 12.0. The third-order valence-electron chi connectivity index (χ3n) is 3.45. The molecule has 0 bridgehead atoms. The lowest BCUT2D eigenvalue weighted by molar-refractivity contribution is -0.129. The molecule has 2 rings (SSSR count). The van der Waals surface area contributed by atoms with Gasteiger partial charge in [-0.3, -0.25) is 9.59 Å². The lowest BCUT2D eigenvalue weighted by Gasteiger charge is -2.17. The normalized spacial score (nSPS) is 18.1. The van der Waals surface area contributed by atoms with Crippen molar-refractivity contribution in [2.24, 2.45) is 5.92 Å². The SMILES string of the molecule is COCCNC(=O)C1CC(=O)N(Cc2cccc(Br)c2)C1. The Balaban J connectivity index is 1.89. The summed E-state index contributed by atoms with van der Waals surface area (Å²) >= 11 is 3.42. The fourth-order valence-electron chi connectivity index (χ4n) is 2.38. The molecule has 1 saturated heterocycles. The molecule has 2 amide bonds. The smallest absolute Gasteiger partial charge is 0.225 e. The van der Waals surface area contributed by atoms with E-state index in [4.69, 9.17) is 4.74 Å².